The average molecular weight is 275 g/mol. The van der Waals surface area contributed by atoms with Crippen LogP contribution >= 0.6 is 0 Å². The minimum Gasteiger partial charge on any atom is -0.350 e. The molecule has 0 aliphatic rings. The summed E-state index contributed by atoms with van der Waals surface area (Å²) >= 11 is 0. The second kappa shape index (κ2) is 6.58. The first kappa shape index (κ1) is 13.9. The number of nitrogens with zero attached hydrogens (tertiary/aromatic N) is 2. The van der Waals surface area contributed by atoms with Crippen molar-refractivity contribution in [3.8, 4) is 0 Å². The molecule has 7 heteroatoms. The van der Waals surface area contributed by atoms with E-state index >= 15 is 0 Å². The molecule has 1 aromatic heterocycles. The summed E-state index contributed by atoms with van der Waals surface area (Å²) < 4.78 is 13.4. The molecule has 0 saturated carbocycles. The summed E-state index contributed by atoms with van der Waals surface area (Å²) in [7, 11) is 0. The first-order valence-corrected chi connectivity index (χ1v) is 6.01. The van der Waals surface area contributed by atoms with Crippen LogP contribution in [-0.2, 0) is 6.42 Å². The molecule has 1 aromatic carbocycles. The van der Waals surface area contributed by atoms with E-state index in [0.717, 1.165) is 0 Å². The lowest BCUT2D eigenvalue weighted by Crippen LogP contribution is -2.27. The third-order valence-electron chi connectivity index (χ3n) is 2.67. The third kappa shape index (κ3) is 3.48. The van der Waals surface area contributed by atoms with Gasteiger partial charge in [0.1, 0.15) is 11.5 Å². The number of benzene rings is 1. The monoisotopic (exact) mass is 275 g/mol. The van der Waals surface area contributed by atoms with Crippen LogP contribution in [0, 0.1) is 5.82 Å². The molecule has 0 unspecified atom stereocenters. The van der Waals surface area contributed by atoms with E-state index in [4.69, 9.17) is 5.84 Å². The summed E-state index contributed by atoms with van der Waals surface area (Å²) in [4.78, 5) is 19.5. The molecule has 0 aliphatic heterocycles. The highest BCUT2D eigenvalue weighted by Gasteiger charge is 2.08. The zero-order valence-electron chi connectivity index (χ0n) is 10.6. The highest BCUT2D eigenvalue weighted by Crippen LogP contribution is 2.06. The van der Waals surface area contributed by atoms with Gasteiger partial charge in [0.25, 0.3) is 5.91 Å². The fourth-order valence-electron chi connectivity index (χ4n) is 1.62. The van der Waals surface area contributed by atoms with Gasteiger partial charge in [-0.15, -0.1) is 0 Å². The molecule has 0 fully saturated rings. The number of hydrogen-bond acceptors (Lipinski definition) is 5. The van der Waals surface area contributed by atoms with Crippen molar-refractivity contribution in [3.63, 3.8) is 0 Å². The van der Waals surface area contributed by atoms with Crippen LogP contribution in [0.3, 0.4) is 0 Å². The van der Waals surface area contributed by atoms with Gasteiger partial charge in [0.2, 0.25) is 0 Å². The Labute approximate surface area is 115 Å². The maximum atomic E-state index is 13.4. The highest BCUT2D eigenvalue weighted by molar-refractivity contribution is 5.91. The Bertz CT molecular complexity index is 588. The number of anilines is 1. The largest absolute Gasteiger partial charge is 0.350 e. The van der Waals surface area contributed by atoms with Gasteiger partial charge in [-0.25, -0.2) is 20.2 Å². The molecule has 4 N–H and O–H groups in total. The number of halogens is 1. The van der Waals surface area contributed by atoms with Crippen molar-refractivity contribution < 1.29 is 9.18 Å². The van der Waals surface area contributed by atoms with Gasteiger partial charge in [0.05, 0.1) is 12.4 Å². The Morgan fingerprint density at radius 1 is 1.25 bits per heavy atom. The van der Waals surface area contributed by atoms with Crippen molar-refractivity contribution in [1.29, 1.82) is 0 Å². The zero-order chi connectivity index (χ0) is 14.4. The van der Waals surface area contributed by atoms with Crippen LogP contribution in [0.25, 0.3) is 0 Å². The molecular weight excluding hydrogens is 261 g/mol. The summed E-state index contributed by atoms with van der Waals surface area (Å²) in [5, 5.41) is 2.65. The number of hydrogen-bond donors (Lipinski definition) is 3. The number of amides is 1. The van der Waals surface area contributed by atoms with Crippen LogP contribution in [0.15, 0.2) is 36.7 Å². The zero-order valence-corrected chi connectivity index (χ0v) is 10.6. The van der Waals surface area contributed by atoms with Gasteiger partial charge >= 0.3 is 0 Å². The van der Waals surface area contributed by atoms with Crippen molar-refractivity contribution in [2.45, 2.75) is 6.42 Å². The summed E-state index contributed by atoms with van der Waals surface area (Å²) in [5.41, 5.74) is 3.05. The maximum Gasteiger partial charge on any atom is 0.271 e. The number of carbonyl (C=O) groups excluding carboxylic acids is 1. The smallest absolute Gasteiger partial charge is 0.271 e. The SMILES string of the molecule is NNc1cnc(C(=O)NCCc2ccccc2F)cn1. The lowest BCUT2D eigenvalue weighted by atomic mass is 10.1. The normalized spacial score (nSPS) is 10.1. The predicted octanol–water partition coefficient (Wildman–Crippen LogP) is 0.874. The minimum absolute atomic E-state index is 0.178. The molecule has 0 spiro atoms. The van der Waals surface area contributed by atoms with Crippen molar-refractivity contribution in [3.05, 3.63) is 53.7 Å². The first-order valence-electron chi connectivity index (χ1n) is 6.01. The van der Waals surface area contributed by atoms with Crippen LogP contribution < -0.4 is 16.6 Å². The van der Waals surface area contributed by atoms with E-state index in [9.17, 15) is 9.18 Å². The molecule has 0 atom stereocenters. The van der Waals surface area contributed by atoms with Crippen LogP contribution in [-0.4, -0.2) is 22.4 Å². The molecule has 6 nitrogen and oxygen atoms in total. The number of nitrogens with one attached hydrogen (secondary N) is 2. The quantitative estimate of drug-likeness (QED) is 0.556. The second-order valence-corrected chi connectivity index (χ2v) is 4.03. The molecule has 20 heavy (non-hydrogen) atoms. The summed E-state index contributed by atoms with van der Waals surface area (Å²) in [6, 6.07) is 6.45. The standard InChI is InChI=1S/C13H14FN5O/c14-10-4-2-1-3-9(10)5-6-16-13(20)11-7-18-12(19-15)8-17-11/h1-4,7-8H,5-6,15H2,(H,16,20)(H,18,19). The van der Waals surface area contributed by atoms with Crippen molar-refractivity contribution in [1.82, 2.24) is 15.3 Å². The molecular formula is C13H14FN5O. The molecule has 1 heterocycles. The number of hydrazine groups is 1. The van der Waals surface area contributed by atoms with Crippen LogP contribution in [0.5, 0.6) is 0 Å². The van der Waals surface area contributed by atoms with Crippen molar-refractivity contribution in [2.24, 2.45) is 5.84 Å². The Balaban J connectivity index is 1.87. The fourth-order valence-corrected chi connectivity index (χ4v) is 1.62. The van der Waals surface area contributed by atoms with Gasteiger partial charge < -0.3 is 10.7 Å². The molecule has 0 radical (unpaired) electrons. The molecule has 104 valence electrons. The van der Waals surface area contributed by atoms with Gasteiger partial charge in [-0.05, 0) is 18.1 Å². The number of nitrogen functional groups attached to an aromatic ring is 1. The molecule has 0 bridgehead atoms. The lowest BCUT2D eigenvalue weighted by Gasteiger charge is -2.06. The topological polar surface area (TPSA) is 92.9 Å². The van der Waals surface area contributed by atoms with Crippen molar-refractivity contribution >= 4 is 11.7 Å². The maximum absolute atomic E-state index is 13.4. The first-order chi connectivity index (χ1) is 9.70. The Morgan fingerprint density at radius 3 is 2.70 bits per heavy atom. The predicted molar refractivity (Wildman–Crippen MR) is 72.3 cm³/mol. The number of rotatable bonds is 5. The van der Waals surface area contributed by atoms with Gasteiger partial charge in [-0.2, -0.15) is 0 Å². The van der Waals surface area contributed by atoms with Gasteiger partial charge in [0, 0.05) is 6.54 Å². The van der Waals surface area contributed by atoms with Crippen LogP contribution in [0.1, 0.15) is 16.1 Å². The van der Waals surface area contributed by atoms with Gasteiger partial charge in [-0.3, -0.25) is 4.79 Å². The van der Waals surface area contributed by atoms with E-state index in [1.807, 2.05) is 0 Å². The number of carbonyl (C=O) groups is 1. The van der Waals surface area contributed by atoms with Gasteiger partial charge in [0.15, 0.2) is 5.82 Å². The average Bonchev–Trinajstić information content (AvgIpc) is 2.49. The second-order valence-electron chi connectivity index (χ2n) is 4.03. The third-order valence-corrected chi connectivity index (χ3v) is 2.67. The van der Waals surface area contributed by atoms with E-state index < -0.39 is 0 Å². The van der Waals surface area contributed by atoms with Crippen LogP contribution in [0.4, 0.5) is 10.2 Å². The van der Waals surface area contributed by atoms with Crippen LogP contribution in [0.2, 0.25) is 0 Å². The molecule has 2 rings (SSSR count). The minimum atomic E-state index is -0.364. The Kier molecular flexibility index (Phi) is 4.56. The molecule has 2 aromatic rings. The molecule has 0 saturated heterocycles. The fraction of sp³-hybridized carbons (Fsp3) is 0.154. The van der Waals surface area contributed by atoms with E-state index in [-0.39, 0.29) is 17.4 Å². The lowest BCUT2D eigenvalue weighted by molar-refractivity contribution is 0.0948. The van der Waals surface area contributed by atoms with E-state index in [1.165, 1.54) is 18.5 Å². The number of aromatic nitrogens is 2. The van der Waals surface area contributed by atoms with E-state index in [1.54, 1.807) is 18.2 Å². The Hall–Kier alpha value is -2.54. The van der Waals surface area contributed by atoms with E-state index in [0.29, 0.717) is 24.3 Å². The summed E-state index contributed by atoms with van der Waals surface area (Å²) in [5.74, 6) is 4.87. The highest BCUT2D eigenvalue weighted by atomic mass is 19.1. The summed E-state index contributed by atoms with van der Waals surface area (Å²) in [6.45, 7) is 0.318. The number of nitrogens with two attached hydrogens (primary N) is 1. The molecule has 1 amide bonds. The van der Waals surface area contributed by atoms with E-state index in [2.05, 4.69) is 20.7 Å². The Morgan fingerprint density at radius 2 is 2.05 bits per heavy atom. The summed E-state index contributed by atoms with van der Waals surface area (Å²) in [6.07, 6.45) is 3.08. The van der Waals surface area contributed by atoms with Crippen molar-refractivity contribution in [2.75, 3.05) is 12.0 Å². The van der Waals surface area contributed by atoms with Gasteiger partial charge in [-0.1, -0.05) is 18.2 Å². The molecule has 0 aliphatic carbocycles.